The van der Waals surface area contributed by atoms with Gasteiger partial charge in [-0.15, -0.1) is 0 Å². The SMILES string of the molecule is Cc1ccc(NCC(=O)Nc2cccc(C(=O)NCC3CCCO3)c2)cc1C. The van der Waals surface area contributed by atoms with E-state index in [1.807, 2.05) is 25.1 Å². The van der Waals surface area contributed by atoms with Crippen molar-refractivity contribution >= 4 is 23.2 Å². The van der Waals surface area contributed by atoms with Crippen LogP contribution < -0.4 is 16.0 Å². The number of carbonyl (C=O) groups is 2. The Bertz CT molecular complexity index is 845. The van der Waals surface area contributed by atoms with Crippen molar-refractivity contribution < 1.29 is 14.3 Å². The molecule has 6 nitrogen and oxygen atoms in total. The summed E-state index contributed by atoms with van der Waals surface area (Å²) in [6.45, 7) is 5.51. The summed E-state index contributed by atoms with van der Waals surface area (Å²) in [5, 5.41) is 8.83. The third-order valence-electron chi connectivity index (χ3n) is 4.88. The van der Waals surface area contributed by atoms with E-state index in [1.54, 1.807) is 24.3 Å². The number of rotatable bonds is 7. The molecule has 0 aromatic heterocycles. The fourth-order valence-electron chi connectivity index (χ4n) is 3.09. The zero-order valence-corrected chi connectivity index (χ0v) is 16.4. The topological polar surface area (TPSA) is 79.5 Å². The van der Waals surface area contributed by atoms with Crippen LogP contribution in [0.25, 0.3) is 0 Å². The van der Waals surface area contributed by atoms with Crippen LogP contribution in [0.1, 0.15) is 34.3 Å². The molecule has 6 heteroatoms. The van der Waals surface area contributed by atoms with Crippen molar-refractivity contribution in [1.82, 2.24) is 5.32 Å². The maximum atomic E-state index is 12.3. The number of nitrogens with one attached hydrogen (secondary N) is 3. The molecule has 1 unspecified atom stereocenters. The van der Waals surface area contributed by atoms with Crippen molar-refractivity contribution in [3.05, 3.63) is 59.2 Å². The molecule has 1 fully saturated rings. The quantitative estimate of drug-likeness (QED) is 0.688. The summed E-state index contributed by atoms with van der Waals surface area (Å²) in [6.07, 6.45) is 2.12. The van der Waals surface area contributed by atoms with Crippen molar-refractivity contribution in [1.29, 1.82) is 0 Å². The summed E-state index contributed by atoms with van der Waals surface area (Å²) in [5.41, 5.74) is 4.40. The molecule has 3 N–H and O–H groups in total. The van der Waals surface area contributed by atoms with Crippen LogP contribution in [0.2, 0.25) is 0 Å². The first-order valence-electron chi connectivity index (χ1n) is 9.62. The lowest BCUT2D eigenvalue weighted by molar-refractivity contribution is -0.114. The van der Waals surface area contributed by atoms with Crippen LogP contribution in [0, 0.1) is 13.8 Å². The van der Waals surface area contributed by atoms with Gasteiger partial charge in [-0.3, -0.25) is 9.59 Å². The van der Waals surface area contributed by atoms with Gasteiger partial charge in [0.05, 0.1) is 12.6 Å². The van der Waals surface area contributed by atoms with Crippen LogP contribution in [-0.2, 0) is 9.53 Å². The minimum absolute atomic E-state index is 0.100. The molecule has 0 spiro atoms. The number of ether oxygens (including phenoxy) is 1. The van der Waals surface area contributed by atoms with Crippen LogP contribution in [-0.4, -0.2) is 37.6 Å². The van der Waals surface area contributed by atoms with E-state index in [2.05, 4.69) is 22.9 Å². The predicted octanol–water partition coefficient (Wildman–Crippen LogP) is 3.26. The van der Waals surface area contributed by atoms with E-state index in [1.165, 1.54) is 11.1 Å². The van der Waals surface area contributed by atoms with Crippen molar-refractivity contribution in [2.75, 3.05) is 30.3 Å². The van der Waals surface area contributed by atoms with Gasteiger partial charge in [0.2, 0.25) is 5.91 Å². The monoisotopic (exact) mass is 381 g/mol. The number of anilines is 2. The van der Waals surface area contributed by atoms with E-state index in [0.29, 0.717) is 17.8 Å². The largest absolute Gasteiger partial charge is 0.376 e. The Morgan fingerprint density at radius 1 is 1.07 bits per heavy atom. The van der Waals surface area contributed by atoms with Crippen molar-refractivity contribution in [3.8, 4) is 0 Å². The van der Waals surface area contributed by atoms with Gasteiger partial charge in [0.15, 0.2) is 0 Å². The number of benzene rings is 2. The highest BCUT2D eigenvalue weighted by Gasteiger charge is 2.16. The predicted molar refractivity (Wildman–Crippen MR) is 111 cm³/mol. The zero-order chi connectivity index (χ0) is 19.9. The first kappa shape index (κ1) is 19.9. The molecular formula is C22H27N3O3. The molecule has 2 aromatic rings. The first-order chi connectivity index (χ1) is 13.5. The zero-order valence-electron chi connectivity index (χ0n) is 16.4. The van der Waals surface area contributed by atoms with Gasteiger partial charge in [-0.2, -0.15) is 0 Å². The van der Waals surface area contributed by atoms with E-state index < -0.39 is 0 Å². The van der Waals surface area contributed by atoms with Gasteiger partial charge in [0.25, 0.3) is 5.91 Å². The van der Waals surface area contributed by atoms with E-state index in [0.717, 1.165) is 25.1 Å². The number of carbonyl (C=O) groups excluding carboxylic acids is 2. The van der Waals surface area contributed by atoms with E-state index in [4.69, 9.17) is 4.74 Å². The maximum absolute atomic E-state index is 12.3. The maximum Gasteiger partial charge on any atom is 0.251 e. The summed E-state index contributed by atoms with van der Waals surface area (Å²) in [7, 11) is 0. The molecule has 0 saturated carbocycles. The van der Waals surface area contributed by atoms with Crippen molar-refractivity contribution in [2.45, 2.75) is 32.8 Å². The lowest BCUT2D eigenvalue weighted by Crippen LogP contribution is -2.31. The van der Waals surface area contributed by atoms with E-state index in [9.17, 15) is 9.59 Å². The highest BCUT2D eigenvalue weighted by Crippen LogP contribution is 2.15. The van der Waals surface area contributed by atoms with Gasteiger partial charge < -0.3 is 20.7 Å². The summed E-state index contributed by atoms with van der Waals surface area (Å²) in [5.74, 6) is -0.338. The van der Waals surface area contributed by atoms with Gasteiger partial charge in [-0.25, -0.2) is 0 Å². The van der Waals surface area contributed by atoms with Gasteiger partial charge >= 0.3 is 0 Å². The molecule has 1 aliphatic rings. The van der Waals surface area contributed by atoms with Gasteiger partial charge in [-0.05, 0) is 68.1 Å². The number of aryl methyl sites for hydroxylation is 2. The Hall–Kier alpha value is -2.86. The molecular weight excluding hydrogens is 354 g/mol. The lowest BCUT2D eigenvalue weighted by Gasteiger charge is -2.12. The first-order valence-corrected chi connectivity index (χ1v) is 9.62. The highest BCUT2D eigenvalue weighted by molar-refractivity contribution is 5.98. The summed E-state index contributed by atoms with van der Waals surface area (Å²) in [4.78, 5) is 24.5. The van der Waals surface area contributed by atoms with Gasteiger partial charge in [-0.1, -0.05) is 12.1 Å². The molecule has 3 rings (SSSR count). The Balaban J connectivity index is 1.50. The second kappa shape index (κ2) is 9.37. The van der Waals surface area contributed by atoms with Crippen molar-refractivity contribution in [3.63, 3.8) is 0 Å². The van der Waals surface area contributed by atoms with Gasteiger partial charge in [0.1, 0.15) is 0 Å². The minimum Gasteiger partial charge on any atom is -0.376 e. The fourth-order valence-corrected chi connectivity index (χ4v) is 3.09. The Morgan fingerprint density at radius 3 is 2.68 bits per heavy atom. The molecule has 2 amide bonds. The minimum atomic E-state index is -0.171. The van der Waals surface area contributed by atoms with Crippen LogP contribution in [0.3, 0.4) is 0 Å². The summed E-state index contributed by atoms with van der Waals surface area (Å²) in [6, 6.07) is 12.9. The second-order valence-corrected chi connectivity index (χ2v) is 7.13. The molecule has 0 aliphatic carbocycles. The molecule has 2 aromatic carbocycles. The Labute approximate surface area is 165 Å². The molecule has 1 atom stereocenters. The molecule has 0 bridgehead atoms. The molecule has 1 heterocycles. The Morgan fingerprint density at radius 2 is 1.93 bits per heavy atom. The standard InChI is InChI=1S/C22H27N3O3/c1-15-8-9-18(11-16(15)2)23-14-21(26)25-19-6-3-5-17(12-19)22(27)24-13-20-7-4-10-28-20/h3,5-6,8-9,11-12,20,23H,4,7,10,13-14H2,1-2H3,(H,24,27)(H,25,26). The average Bonchev–Trinajstić information content (AvgIpc) is 3.21. The number of hydrogen-bond acceptors (Lipinski definition) is 4. The molecule has 28 heavy (non-hydrogen) atoms. The van der Waals surface area contributed by atoms with Gasteiger partial charge in [0, 0.05) is 30.1 Å². The van der Waals surface area contributed by atoms with E-state index in [-0.39, 0.29) is 24.5 Å². The molecule has 148 valence electrons. The lowest BCUT2D eigenvalue weighted by atomic mass is 10.1. The molecule has 1 saturated heterocycles. The fraction of sp³-hybridized carbons (Fsp3) is 0.364. The summed E-state index contributed by atoms with van der Waals surface area (Å²) >= 11 is 0. The van der Waals surface area contributed by atoms with Crippen molar-refractivity contribution in [2.24, 2.45) is 0 Å². The third kappa shape index (κ3) is 5.57. The average molecular weight is 381 g/mol. The van der Waals surface area contributed by atoms with E-state index >= 15 is 0 Å². The second-order valence-electron chi connectivity index (χ2n) is 7.13. The highest BCUT2D eigenvalue weighted by atomic mass is 16.5. The van der Waals surface area contributed by atoms with Crippen LogP contribution >= 0.6 is 0 Å². The van der Waals surface area contributed by atoms with Crippen LogP contribution in [0.5, 0.6) is 0 Å². The smallest absolute Gasteiger partial charge is 0.251 e. The van der Waals surface area contributed by atoms with Crippen LogP contribution in [0.15, 0.2) is 42.5 Å². The van der Waals surface area contributed by atoms with Crippen LogP contribution in [0.4, 0.5) is 11.4 Å². The molecule has 0 radical (unpaired) electrons. The normalized spacial score (nSPS) is 15.9. The number of amides is 2. The molecule has 1 aliphatic heterocycles. The summed E-state index contributed by atoms with van der Waals surface area (Å²) < 4.78 is 5.51. The number of hydrogen-bond donors (Lipinski definition) is 3. The Kier molecular flexibility index (Phi) is 6.66. The third-order valence-corrected chi connectivity index (χ3v) is 4.88.